The maximum atomic E-state index is 6.26. The molecule has 6 heteroatoms. The van der Waals surface area contributed by atoms with E-state index in [-0.39, 0.29) is 0 Å². The molecule has 0 fully saturated rings. The van der Waals surface area contributed by atoms with Gasteiger partial charge in [0.15, 0.2) is 0 Å². The Bertz CT molecular complexity index is 1150. The van der Waals surface area contributed by atoms with Crippen LogP contribution >= 0.6 is 23.2 Å². The predicted molar refractivity (Wildman–Crippen MR) is 122 cm³/mol. The Morgan fingerprint density at radius 2 is 1.57 bits per heavy atom. The van der Waals surface area contributed by atoms with Gasteiger partial charge in [0.05, 0.1) is 17.6 Å². The van der Waals surface area contributed by atoms with Crippen LogP contribution in [-0.2, 0) is 13.2 Å². The van der Waals surface area contributed by atoms with Gasteiger partial charge in [-0.3, -0.25) is 0 Å². The Labute approximate surface area is 186 Å². The van der Waals surface area contributed by atoms with Crippen LogP contribution in [0.25, 0.3) is 11.0 Å². The van der Waals surface area contributed by atoms with Crippen molar-refractivity contribution in [2.75, 3.05) is 6.61 Å². The molecule has 30 heavy (non-hydrogen) atoms. The summed E-state index contributed by atoms with van der Waals surface area (Å²) < 4.78 is 14.1. The Hall–Kier alpha value is -2.69. The van der Waals surface area contributed by atoms with Gasteiger partial charge in [0.2, 0.25) is 0 Å². The summed E-state index contributed by atoms with van der Waals surface area (Å²) in [6.07, 6.45) is 0. The molecule has 4 aromatic rings. The zero-order valence-electron chi connectivity index (χ0n) is 16.9. The molecule has 0 saturated carbocycles. The molecule has 0 N–H and O–H groups in total. The third-order valence-corrected chi connectivity index (χ3v) is 5.76. The SMILES string of the molecule is Cc1cc(OCCn2c(COc3ccc(Cl)cc3)nc3ccccc32)cc(C)c1Cl. The Morgan fingerprint density at radius 3 is 2.30 bits per heavy atom. The van der Waals surface area contributed by atoms with Crippen LogP contribution in [0.15, 0.2) is 60.7 Å². The number of benzene rings is 3. The van der Waals surface area contributed by atoms with E-state index < -0.39 is 0 Å². The van der Waals surface area contributed by atoms with Crippen LogP contribution < -0.4 is 9.47 Å². The molecule has 0 spiro atoms. The molecule has 4 rings (SSSR count). The number of para-hydroxylation sites is 2. The van der Waals surface area contributed by atoms with Crippen LogP contribution in [0.1, 0.15) is 17.0 Å². The minimum Gasteiger partial charge on any atom is -0.492 e. The largest absolute Gasteiger partial charge is 0.492 e. The van der Waals surface area contributed by atoms with E-state index in [0.717, 1.165) is 44.5 Å². The van der Waals surface area contributed by atoms with E-state index in [1.807, 2.05) is 68.4 Å². The topological polar surface area (TPSA) is 36.3 Å². The van der Waals surface area contributed by atoms with E-state index in [2.05, 4.69) is 10.6 Å². The molecule has 4 nitrogen and oxygen atoms in total. The van der Waals surface area contributed by atoms with E-state index in [1.165, 1.54) is 0 Å². The fraction of sp³-hybridized carbons (Fsp3) is 0.208. The first-order valence-electron chi connectivity index (χ1n) is 9.73. The zero-order chi connectivity index (χ0) is 21.1. The molecular weight excluding hydrogens is 419 g/mol. The lowest BCUT2D eigenvalue weighted by Crippen LogP contribution is -2.13. The van der Waals surface area contributed by atoms with Crippen molar-refractivity contribution in [2.45, 2.75) is 27.0 Å². The maximum absolute atomic E-state index is 6.26. The van der Waals surface area contributed by atoms with Crippen LogP contribution in [0.4, 0.5) is 0 Å². The van der Waals surface area contributed by atoms with Crippen molar-refractivity contribution >= 4 is 34.2 Å². The van der Waals surface area contributed by atoms with E-state index in [1.54, 1.807) is 0 Å². The summed E-state index contributed by atoms with van der Waals surface area (Å²) in [6, 6.07) is 19.3. The van der Waals surface area contributed by atoms with Crippen LogP contribution in [0.2, 0.25) is 10.0 Å². The second kappa shape index (κ2) is 8.99. The molecular formula is C24H22Cl2N2O2. The number of rotatable bonds is 7. The summed E-state index contributed by atoms with van der Waals surface area (Å²) in [6.45, 7) is 5.49. The van der Waals surface area contributed by atoms with E-state index in [9.17, 15) is 0 Å². The van der Waals surface area contributed by atoms with E-state index >= 15 is 0 Å². The van der Waals surface area contributed by atoms with Gasteiger partial charge in [-0.25, -0.2) is 4.98 Å². The van der Waals surface area contributed by atoms with E-state index in [4.69, 9.17) is 37.7 Å². The molecule has 0 amide bonds. The molecule has 3 aromatic carbocycles. The number of fused-ring (bicyclic) bond motifs is 1. The van der Waals surface area contributed by atoms with Crippen molar-refractivity contribution in [1.29, 1.82) is 0 Å². The number of aromatic nitrogens is 2. The lowest BCUT2D eigenvalue weighted by Gasteiger charge is -2.13. The summed E-state index contributed by atoms with van der Waals surface area (Å²) in [5.41, 5.74) is 4.01. The van der Waals surface area contributed by atoms with Crippen molar-refractivity contribution in [3.8, 4) is 11.5 Å². The number of ether oxygens (including phenoxy) is 2. The van der Waals surface area contributed by atoms with Gasteiger partial charge in [-0.2, -0.15) is 0 Å². The van der Waals surface area contributed by atoms with Gasteiger partial charge in [-0.15, -0.1) is 0 Å². The average Bonchev–Trinajstić information content (AvgIpc) is 3.09. The molecule has 1 heterocycles. The molecule has 0 bridgehead atoms. The first-order chi connectivity index (χ1) is 14.5. The van der Waals surface area contributed by atoms with Crippen LogP contribution in [0.3, 0.4) is 0 Å². The Morgan fingerprint density at radius 1 is 0.867 bits per heavy atom. The quantitative estimate of drug-likeness (QED) is 0.324. The average molecular weight is 441 g/mol. The third-order valence-electron chi connectivity index (χ3n) is 4.91. The molecule has 1 aromatic heterocycles. The summed E-state index contributed by atoms with van der Waals surface area (Å²) in [5, 5.41) is 1.46. The third kappa shape index (κ3) is 4.55. The highest BCUT2D eigenvalue weighted by Gasteiger charge is 2.12. The van der Waals surface area contributed by atoms with Crippen molar-refractivity contribution < 1.29 is 9.47 Å². The fourth-order valence-electron chi connectivity index (χ4n) is 3.41. The number of hydrogen-bond acceptors (Lipinski definition) is 3. The van der Waals surface area contributed by atoms with Gasteiger partial charge in [-0.05, 0) is 73.5 Å². The minimum absolute atomic E-state index is 0.357. The fourth-order valence-corrected chi connectivity index (χ4v) is 3.64. The summed E-state index contributed by atoms with van der Waals surface area (Å²) >= 11 is 12.2. The summed E-state index contributed by atoms with van der Waals surface area (Å²) in [7, 11) is 0. The minimum atomic E-state index is 0.357. The molecule has 0 saturated heterocycles. The molecule has 154 valence electrons. The van der Waals surface area contributed by atoms with Crippen molar-refractivity contribution in [3.05, 3.63) is 87.7 Å². The molecule has 0 aliphatic rings. The van der Waals surface area contributed by atoms with Gasteiger partial charge in [-0.1, -0.05) is 35.3 Å². The van der Waals surface area contributed by atoms with Crippen molar-refractivity contribution in [1.82, 2.24) is 9.55 Å². The lowest BCUT2D eigenvalue weighted by atomic mass is 10.1. The van der Waals surface area contributed by atoms with Crippen molar-refractivity contribution in [3.63, 3.8) is 0 Å². The highest BCUT2D eigenvalue weighted by Crippen LogP contribution is 2.26. The zero-order valence-corrected chi connectivity index (χ0v) is 18.4. The van der Waals surface area contributed by atoms with Gasteiger partial charge >= 0.3 is 0 Å². The predicted octanol–water partition coefficient (Wildman–Crippen LogP) is 6.62. The van der Waals surface area contributed by atoms with Gasteiger partial charge < -0.3 is 14.0 Å². The molecule has 0 unspecified atom stereocenters. The summed E-state index contributed by atoms with van der Waals surface area (Å²) in [4.78, 5) is 4.75. The highest BCUT2D eigenvalue weighted by atomic mass is 35.5. The summed E-state index contributed by atoms with van der Waals surface area (Å²) in [5.74, 6) is 2.41. The van der Waals surface area contributed by atoms with Crippen LogP contribution in [-0.4, -0.2) is 16.2 Å². The molecule has 0 radical (unpaired) electrons. The number of imidazole rings is 1. The molecule has 0 aliphatic heterocycles. The monoisotopic (exact) mass is 440 g/mol. The Balaban J connectivity index is 1.50. The first kappa shape index (κ1) is 20.6. The Kier molecular flexibility index (Phi) is 6.16. The second-order valence-corrected chi connectivity index (χ2v) is 7.94. The number of aryl methyl sites for hydroxylation is 2. The van der Waals surface area contributed by atoms with Gasteiger partial charge in [0.1, 0.15) is 30.5 Å². The number of hydrogen-bond donors (Lipinski definition) is 0. The smallest absolute Gasteiger partial charge is 0.148 e. The standard InChI is InChI=1S/C24H22Cl2N2O2/c1-16-13-20(14-17(2)24(16)26)29-12-11-28-22-6-4-3-5-21(22)27-23(28)15-30-19-9-7-18(25)8-10-19/h3-10,13-14H,11-12,15H2,1-2H3. The number of halogens is 2. The van der Waals surface area contributed by atoms with Crippen LogP contribution in [0.5, 0.6) is 11.5 Å². The highest BCUT2D eigenvalue weighted by molar-refractivity contribution is 6.32. The van der Waals surface area contributed by atoms with E-state index in [0.29, 0.717) is 24.8 Å². The van der Waals surface area contributed by atoms with Gasteiger partial charge in [0, 0.05) is 10.0 Å². The normalized spacial score (nSPS) is 11.1. The maximum Gasteiger partial charge on any atom is 0.148 e. The van der Waals surface area contributed by atoms with Crippen molar-refractivity contribution in [2.24, 2.45) is 0 Å². The molecule has 0 atom stereocenters. The van der Waals surface area contributed by atoms with Crippen LogP contribution in [0, 0.1) is 13.8 Å². The van der Waals surface area contributed by atoms with Gasteiger partial charge in [0.25, 0.3) is 0 Å². The molecule has 0 aliphatic carbocycles. The second-order valence-electron chi connectivity index (χ2n) is 7.13. The lowest BCUT2D eigenvalue weighted by molar-refractivity contribution is 0.272. The number of nitrogens with zero attached hydrogens (tertiary/aromatic N) is 2. The first-order valence-corrected chi connectivity index (χ1v) is 10.5.